The topological polar surface area (TPSA) is 35.8 Å². The molecular weight excluding hydrogens is 229 g/mol. The summed E-state index contributed by atoms with van der Waals surface area (Å²) in [6.45, 7) is 2.27. The summed E-state index contributed by atoms with van der Waals surface area (Å²) in [6.07, 6.45) is -0.934. The van der Waals surface area contributed by atoms with E-state index in [4.69, 9.17) is 5.26 Å². The number of hydrogen-bond acceptors (Lipinski definition) is 2. The Morgan fingerprint density at radius 2 is 2.12 bits per heavy atom. The molecule has 0 atom stereocenters. The van der Waals surface area contributed by atoms with Crippen LogP contribution in [0.1, 0.15) is 18.1 Å². The lowest BCUT2D eigenvalue weighted by Gasteiger charge is -2.11. The van der Waals surface area contributed by atoms with Crippen molar-refractivity contribution in [2.24, 2.45) is 0 Å². The van der Waals surface area contributed by atoms with Crippen molar-refractivity contribution in [3.05, 3.63) is 41.5 Å². The summed E-state index contributed by atoms with van der Waals surface area (Å²) < 4.78 is 37.8. The highest BCUT2D eigenvalue weighted by molar-refractivity contribution is 5.53. The van der Waals surface area contributed by atoms with Crippen molar-refractivity contribution in [2.45, 2.75) is 13.1 Å². The van der Waals surface area contributed by atoms with Crippen LogP contribution in [-0.4, -0.2) is 6.54 Å². The standard InChI is InChI=1S/C12H11F3N2/c1-2-3-6-17-10-5-4-9(8-16)11(7-10)12(13,14)15/h2-5,7,17H,6H2,1H3/b3-2+. The number of nitriles is 1. The molecule has 0 spiro atoms. The number of rotatable bonds is 3. The third-order valence-electron chi connectivity index (χ3n) is 2.11. The molecule has 0 aliphatic rings. The van der Waals surface area contributed by atoms with Gasteiger partial charge in [0, 0.05) is 12.2 Å². The van der Waals surface area contributed by atoms with Gasteiger partial charge in [-0.15, -0.1) is 0 Å². The summed E-state index contributed by atoms with van der Waals surface area (Å²) in [5, 5.41) is 11.4. The highest BCUT2D eigenvalue weighted by Gasteiger charge is 2.33. The molecule has 1 N–H and O–H groups in total. The Morgan fingerprint density at radius 3 is 2.65 bits per heavy atom. The molecule has 1 aromatic carbocycles. The number of anilines is 1. The predicted octanol–water partition coefficient (Wildman–Crippen LogP) is 3.57. The van der Waals surface area contributed by atoms with Crippen LogP contribution in [0.15, 0.2) is 30.4 Å². The van der Waals surface area contributed by atoms with Gasteiger partial charge >= 0.3 is 6.18 Å². The van der Waals surface area contributed by atoms with Crippen LogP contribution in [0.4, 0.5) is 18.9 Å². The Morgan fingerprint density at radius 1 is 1.41 bits per heavy atom. The molecule has 0 fully saturated rings. The Bertz CT molecular complexity index is 456. The zero-order valence-corrected chi connectivity index (χ0v) is 9.17. The van der Waals surface area contributed by atoms with Gasteiger partial charge in [0.25, 0.3) is 0 Å². The number of alkyl halides is 3. The smallest absolute Gasteiger partial charge is 0.382 e. The lowest BCUT2D eigenvalue weighted by atomic mass is 10.1. The molecule has 17 heavy (non-hydrogen) atoms. The normalized spacial score (nSPS) is 11.5. The van der Waals surface area contributed by atoms with Gasteiger partial charge in [0.15, 0.2) is 0 Å². The minimum absolute atomic E-state index is 0.342. The maximum atomic E-state index is 12.6. The average molecular weight is 240 g/mol. The molecule has 2 nitrogen and oxygen atoms in total. The number of hydrogen-bond donors (Lipinski definition) is 1. The number of halogens is 3. The highest BCUT2D eigenvalue weighted by atomic mass is 19.4. The number of allylic oxidation sites excluding steroid dienone is 1. The summed E-state index contributed by atoms with van der Waals surface area (Å²) >= 11 is 0. The number of benzene rings is 1. The number of nitrogens with zero attached hydrogens (tertiary/aromatic N) is 1. The van der Waals surface area contributed by atoms with Gasteiger partial charge in [0.2, 0.25) is 0 Å². The molecule has 0 saturated carbocycles. The second kappa shape index (κ2) is 5.39. The average Bonchev–Trinajstić information content (AvgIpc) is 2.28. The lowest BCUT2D eigenvalue weighted by molar-refractivity contribution is -0.137. The van der Waals surface area contributed by atoms with E-state index in [1.54, 1.807) is 12.2 Å². The van der Waals surface area contributed by atoms with Crippen LogP contribution in [0.5, 0.6) is 0 Å². The van der Waals surface area contributed by atoms with Crippen molar-refractivity contribution in [2.75, 3.05) is 11.9 Å². The fourth-order valence-corrected chi connectivity index (χ4v) is 1.28. The van der Waals surface area contributed by atoms with Gasteiger partial charge in [-0.3, -0.25) is 0 Å². The highest BCUT2D eigenvalue weighted by Crippen LogP contribution is 2.33. The molecule has 0 saturated heterocycles. The van der Waals surface area contributed by atoms with Gasteiger partial charge in [-0.05, 0) is 25.1 Å². The SMILES string of the molecule is C/C=C/CNc1ccc(C#N)c(C(F)(F)F)c1. The van der Waals surface area contributed by atoms with Gasteiger partial charge in [0.1, 0.15) is 0 Å². The first-order valence-electron chi connectivity index (χ1n) is 4.95. The van der Waals surface area contributed by atoms with Crippen LogP contribution in [0.2, 0.25) is 0 Å². The van der Waals surface area contributed by atoms with Crippen molar-refractivity contribution < 1.29 is 13.2 Å². The summed E-state index contributed by atoms with van der Waals surface area (Å²) in [6, 6.07) is 5.10. The Labute approximate surface area is 97.4 Å². The maximum absolute atomic E-state index is 12.6. The van der Waals surface area contributed by atoms with Crippen LogP contribution in [0.25, 0.3) is 0 Å². The molecule has 1 rings (SSSR count). The summed E-state index contributed by atoms with van der Waals surface area (Å²) in [7, 11) is 0. The third-order valence-corrected chi connectivity index (χ3v) is 2.11. The quantitative estimate of drug-likeness (QED) is 0.820. The van der Waals surface area contributed by atoms with Gasteiger partial charge in [-0.1, -0.05) is 12.2 Å². The second-order valence-electron chi connectivity index (χ2n) is 3.32. The van der Waals surface area contributed by atoms with Crippen molar-refractivity contribution in [3.63, 3.8) is 0 Å². The first kappa shape index (κ1) is 13.1. The van der Waals surface area contributed by atoms with Crippen LogP contribution >= 0.6 is 0 Å². The second-order valence-corrected chi connectivity index (χ2v) is 3.32. The van der Waals surface area contributed by atoms with Crippen molar-refractivity contribution >= 4 is 5.69 Å². The molecule has 0 bridgehead atoms. The van der Waals surface area contributed by atoms with E-state index in [2.05, 4.69) is 5.32 Å². The van der Waals surface area contributed by atoms with Gasteiger partial charge in [-0.25, -0.2) is 0 Å². The van der Waals surface area contributed by atoms with E-state index in [0.29, 0.717) is 12.2 Å². The van der Waals surface area contributed by atoms with E-state index >= 15 is 0 Å². The van der Waals surface area contributed by atoms with Crippen LogP contribution in [-0.2, 0) is 6.18 Å². The van der Waals surface area contributed by atoms with Crippen LogP contribution < -0.4 is 5.32 Å². The van der Waals surface area contributed by atoms with E-state index in [1.807, 2.05) is 6.92 Å². The van der Waals surface area contributed by atoms with Crippen molar-refractivity contribution in [1.29, 1.82) is 5.26 Å². The van der Waals surface area contributed by atoms with Crippen LogP contribution in [0, 0.1) is 11.3 Å². The van der Waals surface area contributed by atoms with E-state index in [0.717, 1.165) is 6.07 Å². The van der Waals surface area contributed by atoms with Crippen LogP contribution in [0.3, 0.4) is 0 Å². The lowest BCUT2D eigenvalue weighted by Crippen LogP contribution is -2.09. The number of nitrogens with one attached hydrogen (secondary N) is 1. The van der Waals surface area contributed by atoms with E-state index in [9.17, 15) is 13.2 Å². The van der Waals surface area contributed by atoms with Crippen molar-refractivity contribution in [1.82, 2.24) is 0 Å². The van der Waals surface area contributed by atoms with Gasteiger partial charge in [-0.2, -0.15) is 18.4 Å². The van der Waals surface area contributed by atoms with Gasteiger partial charge in [0.05, 0.1) is 17.2 Å². The minimum atomic E-state index is -4.51. The van der Waals surface area contributed by atoms with E-state index in [1.165, 1.54) is 18.2 Å². The zero-order chi connectivity index (χ0) is 12.9. The third kappa shape index (κ3) is 3.52. The summed E-state index contributed by atoms with van der Waals surface area (Å²) in [5.74, 6) is 0. The molecule has 0 aliphatic heterocycles. The molecule has 5 heteroatoms. The molecule has 90 valence electrons. The predicted molar refractivity (Wildman–Crippen MR) is 59.5 cm³/mol. The Kier molecular flexibility index (Phi) is 4.16. The molecule has 0 heterocycles. The van der Waals surface area contributed by atoms with E-state index < -0.39 is 11.7 Å². The van der Waals surface area contributed by atoms with Crippen molar-refractivity contribution in [3.8, 4) is 6.07 Å². The molecular formula is C12H11F3N2. The maximum Gasteiger partial charge on any atom is 0.417 e. The first-order valence-corrected chi connectivity index (χ1v) is 4.95. The first-order chi connectivity index (χ1) is 7.99. The zero-order valence-electron chi connectivity index (χ0n) is 9.17. The summed E-state index contributed by atoms with van der Waals surface area (Å²) in [4.78, 5) is 0. The van der Waals surface area contributed by atoms with Gasteiger partial charge < -0.3 is 5.32 Å². The Balaban J connectivity index is 3.02. The minimum Gasteiger partial charge on any atom is -0.382 e. The fraction of sp³-hybridized carbons (Fsp3) is 0.250. The summed E-state index contributed by atoms with van der Waals surface area (Å²) in [5.41, 5.74) is -0.936. The molecule has 0 unspecified atom stereocenters. The largest absolute Gasteiger partial charge is 0.417 e. The monoisotopic (exact) mass is 240 g/mol. The fourth-order valence-electron chi connectivity index (χ4n) is 1.28. The molecule has 0 radical (unpaired) electrons. The molecule has 0 amide bonds. The molecule has 0 aliphatic carbocycles. The van der Waals surface area contributed by atoms with E-state index in [-0.39, 0.29) is 5.56 Å². The Hall–Kier alpha value is -1.96. The molecule has 0 aromatic heterocycles. The molecule has 1 aromatic rings.